The summed E-state index contributed by atoms with van der Waals surface area (Å²) >= 11 is 0. The van der Waals surface area contributed by atoms with Crippen molar-refractivity contribution in [2.75, 3.05) is 0 Å². The van der Waals surface area contributed by atoms with Gasteiger partial charge in [0.1, 0.15) is 11.5 Å². The highest BCUT2D eigenvalue weighted by Crippen LogP contribution is 2.31. The highest BCUT2D eigenvalue weighted by molar-refractivity contribution is 5.42. The lowest BCUT2D eigenvalue weighted by molar-refractivity contribution is 0.467. The van der Waals surface area contributed by atoms with Crippen molar-refractivity contribution in [3.63, 3.8) is 0 Å². The number of aryl methyl sites for hydroxylation is 1. The monoisotopic (exact) mass is 240 g/mol. The number of rotatable bonds is 4. The minimum Gasteiger partial charge on any atom is -0.457 e. The maximum Gasteiger partial charge on any atom is 0.130 e. The van der Waals surface area contributed by atoms with Gasteiger partial charge in [0.15, 0.2) is 0 Å². The minimum absolute atomic E-state index is 0.468. The van der Waals surface area contributed by atoms with Gasteiger partial charge < -0.3 is 4.74 Å². The van der Waals surface area contributed by atoms with E-state index in [1.807, 2.05) is 24.3 Å². The summed E-state index contributed by atoms with van der Waals surface area (Å²) in [6.45, 7) is 6.53. The van der Waals surface area contributed by atoms with E-state index in [0.29, 0.717) is 5.92 Å². The second-order valence-corrected chi connectivity index (χ2v) is 4.76. The molecule has 1 heteroatoms. The number of hydrogen-bond donors (Lipinski definition) is 0. The second-order valence-electron chi connectivity index (χ2n) is 4.76. The molecule has 0 saturated heterocycles. The van der Waals surface area contributed by atoms with Gasteiger partial charge in [0.2, 0.25) is 0 Å². The first kappa shape index (κ1) is 12.7. The van der Waals surface area contributed by atoms with Gasteiger partial charge in [-0.05, 0) is 35.6 Å². The average molecular weight is 240 g/mol. The Morgan fingerprint density at radius 3 is 2.17 bits per heavy atom. The molecule has 94 valence electrons. The number of ether oxygens (including phenoxy) is 1. The number of para-hydroxylation sites is 2. The summed E-state index contributed by atoms with van der Waals surface area (Å²) in [7, 11) is 0. The molecular formula is C17H20O. The van der Waals surface area contributed by atoms with E-state index in [2.05, 4.69) is 45.0 Å². The van der Waals surface area contributed by atoms with Gasteiger partial charge in [0, 0.05) is 0 Å². The van der Waals surface area contributed by atoms with Crippen LogP contribution in [0.2, 0.25) is 0 Å². The molecule has 2 aromatic carbocycles. The summed E-state index contributed by atoms with van der Waals surface area (Å²) in [4.78, 5) is 0. The lowest BCUT2D eigenvalue weighted by atomic mass is 10.0. The third-order valence-electron chi connectivity index (χ3n) is 3.11. The zero-order valence-corrected chi connectivity index (χ0v) is 11.3. The van der Waals surface area contributed by atoms with Gasteiger partial charge in [-0.2, -0.15) is 0 Å². The van der Waals surface area contributed by atoms with Crippen molar-refractivity contribution in [1.29, 1.82) is 0 Å². The maximum atomic E-state index is 6.09. The first-order valence-corrected chi connectivity index (χ1v) is 6.57. The molecular weight excluding hydrogens is 220 g/mol. The Kier molecular flexibility index (Phi) is 4.03. The molecule has 0 saturated carbocycles. The van der Waals surface area contributed by atoms with Crippen LogP contribution in [0.5, 0.6) is 11.5 Å². The topological polar surface area (TPSA) is 9.23 Å². The van der Waals surface area contributed by atoms with Crippen LogP contribution in [0.25, 0.3) is 0 Å². The highest BCUT2D eigenvalue weighted by atomic mass is 16.5. The summed E-state index contributed by atoms with van der Waals surface area (Å²) in [5.41, 5.74) is 2.50. The molecule has 0 atom stereocenters. The molecule has 0 aromatic heterocycles. The molecule has 0 fully saturated rings. The fraction of sp³-hybridized carbons (Fsp3) is 0.294. The summed E-state index contributed by atoms with van der Waals surface area (Å²) in [6.07, 6.45) is 0.986. The Bertz CT molecular complexity index is 515. The Morgan fingerprint density at radius 2 is 1.50 bits per heavy atom. The molecule has 0 amide bonds. The lowest BCUT2D eigenvalue weighted by Gasteiger charge is -2.15. The van der Waals surface area contributed by atoms with Gasteiger partial charge in [0.05, 0.1) is 0 Å². The largest absolute Gasteiger partial charge is 0.457 e. The molecule has 0 aliphatic carbocycles. The van der Waals surface area contributed by atoms with E-state index in [0.717, 1.165) is 17.9 Å². The van der Waals surface area contributed by atoms with E-state index in [1.165, 1.54) is 11.1 Å². The maximum absolute atomic E-state index is 6.09. The van der Waals surface area contributed by atoms with Crippen LogP contribution >= 0.6 is 0 Å². The Balaban J connectivity index is 2.34. The fourth-order valence-electron chi connectivity index (χ4n) is 2.06. The molecule has 0 bridgehead atoms. The molecule has 0 spiro atoms. The first-order chi connectivity index (χ1) is 8.72. The van der Waals surface area contributed by atoms with Crippen molar-refractivity contribution in [1.82, 2.24) is 0 Å². The molecule has 2 aromatic rings. The highest BCUT2D eigenvalue weighted by Gasteiger charge is 2.09. The fourth-order valence-corrected chi connectivity index (χ4v) is 2.06. The van der Waals surface area contributed by atoms with Crippen LogP contribution in [0, 0.1) is 0 Å². The average Bonchev–Trinajstić information content (AvgIpc) is 2.40. The zero-order valence-electron chi connectivity index (χ0n) is 11.3. The van der Waals surface area contributed by atoms with E-state index in [-0.39, 0.29) is 0 Å². The van der Waals surface area contributed by atoms with Crippen molar-refractivity contribution >= 4 is 0 Å². The predicted octanol–water partition coefficient (Wildman–Crippen LogP) is 5.16. The summed E-state index contributed by atoms with van der Waals surface area (Å²) in [5, 5.41) is 0. The van der Waals surface area contributed by atoms with Crippen molar-refractivity contribution in [2.24, 2.45) is 0 Å². The van der Waals surface area contributed by atoms with Gasteiger partial charge in [0.25, 0.3) is 0 Å². The molecule has 0 N–H and O–H groups in total. The molecule has 0 aliphatic heterocycles. The summed E-state index contributed by atoms with van der Waals surface area (Å²) in [6, 6.07) is 16.5. The van der Waals surface area contributed by atoms with E-state index in [4.69, 9.17) is 4.74 Å². The standard InChI is InChI=1S/C17H20O/c1-4-14-9-5-7-11-16(14)18-17-12-8-6-10-15(17)13(2)3/h5-13H,4H2,1-3H3. The van der Waals surface area contributed by atoms with Crippen LogP contribution in [0.15, 0.2) is 48.5 Å². The second kappa shape index (κ2) is 5.72. The minimum atomic E-state index is 0.468. The molecule has 0 heterocycles. The van der Waals surface area contributed by atoms with Gasteiger partial charge in [-0.1, -0.05) is 57.2 Å². The Hall–Kier alpha value is -1.76. The molecule has 0 aliphatic rings. The van der Waals surface area contributed by atoms with Crippen LogP contribution < -0.4 is 4.74 Å². The summed E-state index contributed by atoms with van der Waals surface area (Å²) in [5.74, 6) is 2.40. The van der Waals surface area contributed by atoms with Gasteiger partial charge in [-0.15, -0.1) is 0 Å². The molecule has 0 radical (unpaired) electrons. The van der Waals surface area contributed by atoms with Crippen LogP contribution in [0.1, 0.15) is 37.8 Å². The third-order valence-corrected chi connectivity index (χ3v) is 3.11. The molecule has 1 nitrogen and oxygen atoms in total. The van der Waals surface area contributed by atoms with Crippen LogP contribution in [-0.4, -0.2) is 0 Å². The van der Waals surface area contributed by atoms with Crippen molar-refractivity contribution in [3.05, 3.63) is 59.7 Å². The summed E-state index contributed by atoms with van der Waals surface area (Å²) < 4.78 is 6.09. The van der Waals surface area contributed by atoms with Crippen LogP contribution in [0.4, 0.5) is 0 Å². The molecule has 18 heavy (non-hydrogen) atoms. The SMILES string of the molecule is CCc1ccccc1Oc1ccccc1C(C)C. The number of benzene rings is 2. The van der Waals surface area contributed by atoms with Crippen molar-refractivity contribution in [3.8, 4) is 11.5 Å². The van der Waals surface area contributed by atoms with Crippen molar-refractivity contribution in [2.45, 2.75) is 33.1 Å². The van der Waals surface area contributed by atoms with Crippen molar-refractivity contribution < 1.29 is 4.74 Å². The Labute approximate surface area is 109 Å². The third kappa shape index (κ3) is 2.73. The Morgan fingerprint density at radius 1 is 0.889 bits per heavy atom. The molecule has 0 unspecified atom stereocenters. The zero-order chi connectivity index (χ0) is 13.0. The molecule has 2 rings (SSSR count). The van der Waals surface area contributed by atoms with E-state index in [1.54, 1.807) is 0 Å². The quantitative estimate of drug-likeness (QED) is 0.716. The van der Waals surface area contributed by atoms with E-state index < -0.39 is 0 Å². The predicted molar refractivity (Wildman–Crippen MR) is 76.4 cm³/mol. The lowest BCUT2D eigenvalue weighted by Crippen LogP contribution is -1.95. The van der Waals surface area contributed by atoms with E-state index >= 15 is 0 Å². The normalized spacial score (nSPS) is 10.7. The van der Waals surface area contributed by atoms with Gasteiger partial charge in [-0.3, -0.25) is 0 Å². The van der Waals surface area contributed by atoms with Gasteiger partial charge in [-0.25, -0.2) is 0 Å². The smallest absolute Gasteiger partial charge is 0.130 e. The van der Waals surface area contributed by atoms with E-state index in [9.17, 15) is 0 Å². The first-order valence-electron chi connectivity index (χ1n) is 6.57. The van der Waals surface area contributed by atoms with Gasteiger partial charge >= 0.3 is 0 Å². The van der Waals surface area contributed by atoms with Crippen LogP contribution in [-0.2, 0) is 6.42 Å². The van der Waals surface area contributed by atoms with Crippen LogP contribution in [0.3, 0.4) is 0 Å². The number of hydrogen-bond acceptors (Lipinski definition) is 1.